The summed E-state index contributed by atoms with van der Waals surface area (Å²) in [6, 6.07) is 6.74. The third kappa shape index (κ3) is 1.93. The van der Waals surface area contributed by atoms with Crippen LogP contribution in [-0.2, 0) is 0 Å². The van der Waals surface area contributed by atoms with Crippen molar-refractivity contribution in [3.8, 4) is 0 Å². The first kappa shape index (κ1) is 8.97. The number of hydrogen-bond acceptors (Lipinski definition) is 2. The summed E-state index contributed by atoms with van der Waals surface area (Å²) < 4.78 is 0.769. The van der Waals surface area contributed by atoms with Gasteiger partial charge < -0.3 is 0 Å². The summed E-state index contributed by atoms with van der Waals surface area (Å²) in [6.07, 6.45) is 0. The van der Waals surface area contributed by atoms with Crippen LogP contribution < -0.4 is 4.46 Å². The molecule has 0 unspecified atom stereocenters. The molecule has 0 saturated heterocycles. The van der Waals surface area contributed by atoms with Gasteiger partial charge in [-0.3, -0.25) is 0 Å². The second kappa shape index (κ2) is 4.04. The van der Waals surface area contributed by atoms with Crippen LogP contribution in [0.25, 0.3) is 0 Å². The number of para-hydroxylation sites is 1. The van der Waals surface area contributed by atoms with Crippen LogP contribution in [-0.4, -0.2) is 19.9 Å². The number of hydrogen-bond donors (Lipinski definition) is 0. The standard InChI is InChI=1S/C8H7NO2Se/c1-2-12-8-6-4-3-5-7(8)9(10)11/h2-6H,1H2. The van der Waals surface area contributed by atoms with Crippen molar-refractivity contribution < 1.29 is 4.92 Å². The predicted molar refractivity (Wildman–Crippen MR) is 48.7 cm³/mol. The molecule has 0 radical (unpaired) electrons. The third-order valence-electron chi connectivity index (χ3n) is 1.27. The maximum atomic E-state index is 10.5. The van der Waals surface area contributed by atoms with Gasteiger partial charge in [0, 0.05) is 0 Å². The van der Waals surface area contributed by atoms with Crippen molar-refractivity contribution in [1.82, 2.24) is 0 Å². The number of nitro groups is 1. The predicted octanol–water partition coefficient (Wildman–Crippen LogP) is 1.07. The van der Waals surface area contributed by atoms with Crippen LogP contribution in [0.2, 0.25) is 0 Å². The third-order valence-corrected chi connectivity index (χ3v) is 2.88. The summed E-state index contributed by atoms with van der Waals surface area (Å²) in [7, 11) is 0. The van der Waals surface area contributed by atoms with Crippen LogP contribution in [0.15, 0.2) is 35.8 Å². The maximum absolute atomic E-state index is 10.5. The zero-order chi connectivity index (χ0) is 8.97. The van der Waals surface area contributed by atoms with E-state index >= 15 is 0 Å². The molecule has 0 aliphatic rings. The van der Waals surface area contributed by atoms with Gasteiger partial charge in [0.15, 0.2) is 0 Å². The van der Waals surface area contributed by atoms with Crippen LogP contribution >= 0.6 is 0 Å². The fourth-order valence-corrected chi connectivity index (χ4v) is 2.06. The Morgan fingerprint density at radius 3 is 2.75 bits per heavy atom. The van der Waals surface area contributed by atoms with E-state index in [1.54, 1.807) is 23.2 Å². The minimum absolute atomic E-state index is 0.00363. The van der Waals surface area contributed by atoms with Crippen molar-refractivity contribution in [3.05, 3.63) is 45.9 Å². The summed E-state index contributed by atoms with van der Waals surface area (Å²) >= 11 is 0.00363. The molecule has 12 heavy (non-hydrogen) atoms. The number of benzene rings is 1. The fraction of sp³-hybridized carbons (Fsp3) is 0. The molecule has 0 saturated carbocycles. The molecule has 0 heterocycles. The van der Waals surface area contributed by atoms with E-state index in [0.29, 0.717) is 0 Å². The quantitative estimate of drug-likeness (QED) is 0.441. The van der Waals surface area contributed by atoms with E-state index < -0.39 is 0 Å². The Morgan fingerprint density at radius 2 is 2.17 bits per heavy atom. The van der Waals surface area contributed by atoms with Gasteiger partial charge in [-0.1, -0.05) is 0 Å². The van der Waals surface area contributed by atoms with Crippen LogP contribution in [0, 0.1) is 10.1 Å². The Kier molecular flexibility index (Phi) is 3.02. The average molecular weight is 228 g/mol. The minimum atomic E-state index is -0.361. The first-order valence-corrected chi connectivity index (χ1v) is 5.11. The van der Waals surface area contributed by atoms with E-state index in [0.717, 1.165) is 4.46 Å². The molecule has 0 aliphatic heterocycles. The van der Waals surface area contributed by atoms with Gasteiger partial charge in [0.2, 0.25) is 0 Å². The van der Waals surface area contributed by atoms with Crippen molar-refractivity contribution in [3.63, 3.8) is 0 Å². The normalized spacial score (nSPS) is 9.33. The second-order valence-corrected chi connectivity index (χ2v) is 4.13. The van der Waals surface area contributed by atoms with Gasteiger partial charge in [-0.2, -0.15) is 0 Å². The van der Waals surface area contributed by atoms with E-state index in [-0.39, 0.29) is 25.6 Å². The zero-order valence-corrected chi connectivity index (χ0v) is 7.98. The van der Waals surface area contributed by atoms with Crippen LogP contribution in [0.4, 0.5) is 5.69 Å². The molecule has 0 N–H and O–H groups in total. The molecule has 0 fully saturated rings. The molecule has 1 aromatic rings. The Hall–Kier alpha value is -1.12. The molecule has 3 nitrogen and oxygen atoms in total. The van der Waals surface area contributed by atoms with Crippen LogP contribution in [0.5, 0.6) is 0 Å². The van der Waals surface area contributed by atoms with Crippen molar-refractivity contribution in [2.75, 3.05) is 0 Å². The van der Waals surface area contributed by atoms with Gasteiger partial charge >= 0.3 is 76.0 Å². The van der Waals surface area contributed by atoms with E-state index in [4.69, 9.17) is 0 Å². The molecule has 0 aromatic heterocycles. The van der Waals surface area contributed by atoms with Gasteiger partial charge in [-0.15, -0.1) is 0 Å². The van der Waals surface area contributed by atoms with E-state index in [1.165, 1.54) is 6.07 Å². The fourth-order valence-electron chi connectivity index (χ4n) is 0.797. The van der Waals surface area contributed by atoms with Crippen LogP contribution in [0.1, 0.15) is 0 Å². The number of rotatable bonds is 3. The Balaban J connectivity index is 3.07. The van der Waals surface area contributed by atoms with Gasteiger partial charge in [-0.25, -0.2) is 0 Å². The molecule has 1 aromatic carbocycles. The van der Waals surface area contributed by atoms with Gasteiger partial charge in [0.1, 0.15) is 0 Å². The summed E-state index contributed by atoms with van der Waals surface area (Å²) in [5.41, 5.74) is 0.192. The van der Waals surface area contributed by atoms with Crippen molar-refractivity contribution >= 4 is 25.1 Å². The molecule has 0 spiro atoms. The SMILES string of the molecule is C=C[Se]c1ccccc1[N+](=O)[O-]. The molecule has 0 atom stereocenters. The van der Waals surface area contributed by atoms with Crippen molar-refractivity contribution in [1.29, 1.82) is 0 Å². The number of nitro benzene ring substituents is 1. The van der Waals surface area contributed by atoms with E-state index in [1.807, 2.05) is 0 Å². The van der Waals surface area contributed by atoms with Crippen molar-refractivity contribution in [2.45, 2.75) is 0 Å². The Bertz CT molecular complexity index is 312. The molecule has 0 aliphatic carbocycles. The summed E-state index contributed by atoms with van der Waals surface area (Å²) in [5.74, 6) is 0. The monoisotopic (exact) mass is 229 g/mol. The molecule has 1 rings (SSSR count). The average Bonchev–Trinajstić information content (AvgIpc) is 2.05. The number of nitrogens with zero attached hydrogens (tertiary/aromatic N) is 1. The zero-order valence-electron chi connectivity index (χ0n) is 6.27. The Labute approximate surface area is 76.4 Å². The molecule has 4 heteroatoms. The molecular weight excluding hydrogens is 221 g/mol. The summed E-state index contributed by atoms with van der Waals surface area (Å²) in [6.45, 7) is 3.56. The topological polar surface area (TPSA) is 43.1 Å². The van der Waals surface area contributed by atoms with Crippen molar-refractivity contribution in [2.24, 2.45) is 0 Å². The summed E-state index contributed by atoms with van der Waals surface area (Å²) in [4.78, 5) is 11.8. The van der Waals surface area contributed by atoms with Crippen LogP contribution in [0.3, 0.4) is 0 Å². The first-order chi connectivity index (χ1) is 5.75. The first-order valence-electron chi connectivity index (χ1n) is 3.26. The summed E-state index contributed by atoms with van der Waals surface area (Å²) in [5, 5.41) is 10.5. The molecular formula is C8H7NO2Se. The van der Waals surface area contributed by atoms with Gasteiger partial charge in [-0.05, 0) is 0 Å². The second-order valence-electron chi connectivity index (χ2n) is 2.01. The Morgan fingerprint density at radius 1 is 1.50 bits per heavy atom. The van der Waals surface area contributed by atoms with E-state index in [2.05, 4.69) is 6.58 Å². The van der Waals surface area contributed by atoms with Gasteiger partial charge in [0.05, 0.1) is 0 Å². The molecule has 0 bridgehead atoms. The van der Waals surface area contributed by atoms with E-state index in [9.17, 15) is 10.1 Å². The molecule has 0 amide bonds. The molecule has 62 valence electrons. The van der Waals surface area contributed by atoms with Gasteiger partial charge in [0.25, 0.3) is 0 Å².